The molecule has 1 amide bonds. The number of rotatable bonds is 5. The maximum Gasteiger partial charge on any atom is 0.314 e. The van der Waals surface area contributed by atoms with Gasteiger partial charge in [-0.15, -0.1) is 0 Å². The molecule has 1 N–H and O–H groups in total. The first-order valence-corrected chi connectivity index (χ1v) is 8.79. The number of nitro benzene ring substituents is 1. The summed E-state index contributed by atoms with van der Waals surface area (Å²) in [4.78, 5) is 37.1. The van der Waals surface area contributed by atoms with Gasteiger partial charge < -0.3 is 14.7 Å². The van der Waals surface area contributed by atoms with E-state index in [1.54, 1.807) is 24.3 Å². The molecule has 1 heterocycles. The highest BCUT2D eigenvalue weighted by atomic mass is 16.6. The Kier molecular flexibility index (Phi) is 5.30. The number of carboxylic acids is 1. The summed E-state index contributed by atoms with van der Waals surface area (Å²) in [5.41, 5.74) is -0.740. The fourth-order valence-electron chi connectivity index (χ4n) is 3.62. The number of ether oxygens (including phenoxy) is 1. The number of amides is 1. The summed E-state index contributed by atoms with van der Waals surface area (Å²) in [6, 6.07) is 13.0. The molecule has 1 aliphatic rings. The van der Waals surface area contributed by atoms with Crippen molar-refractivity contribution < 1.29 is 24.4 Å². The monoisotopic (exact) mass is 384 g/mol. The molecule has 1 fully saturated rings. The van der Waals surface area contributed by atoms with E-state index in [1.807, 2.05) is 6.07 Å². The van der Waals surface area contributed by atoms with Gasteiger partial charge in [0.1, 0.15) is 11.3 Å². The lowest BCUT2D eigenvalue weighted by atomic mass is 9.72. The molecule has 8 heteroatoms. The second-order valence-electron chi connectivity index (χ2n) is 6.69. The molecule has 0 atom stereocenters. The highest BCUT2D eigenvalue weighted by Crippen LogP contribution is 2.37. The summed E-state index contributed by atoms with van der Waals surface area (Å²) in [5.74, 6) is -1.09. The number of carboxylic acid groups (broad SMARTS) is 1. The van der Waals surface area contributed by atoms with Crippen molar-refractivity contribution in [2.75, 3.05) is 20.2 Å². The zero-order valence-electron chi connectivity index (χ0n) is 15.3. The number of nitrogens with zero attached hydrogens (tertiary/aromatic N) is 2. The topological polar surface area (TPSA) is 110 Å². The van der Waals surface area contributed by atoms with Crippen molar-refractivity contribution >= 4 is 17.6 Å². The molecular weight excluding hydrogens is 364 g/mol. The number of carbonyl (C=O) groups is 2. The predicted octanol–water partition coefficient (Wildman–Crippen LogP) is 2.86. The Balaban J connectivity index is 1.86. The van der Waals surface area contributed by atoms with Crippen LogP contribution in [0.2, 0.25) is 0 Å². The molecule has 0 spiro atoms. The zero-order valence-corrected chi connectivity index (χ0v) is 15.3. The number of hydrogen-bond acceptors (Lipinski definition) is 5. The summed E-state index contributed by atoms with van der Waals surface area (Å²) in [5, 5.41) is 21.2. The summed E-state index contributed by atoms with van der Waals surface area (Å²) in [7, 11) is 1.41. The summed E-state index contributed by atoms with van der Waals surface area (Å²) < 4.78 is 5.08. The number of aliphatic carboxylic acids is 1. The van der Waals surface area contributed by atoms with Gasteiger partial charge in [-0.05, 0) is 30.5 Å². The lowest BCUT2D eigenvalue weighted by Gasteiger charge is -2.39. The third kappa shape index (κ3) is 3.40. The maximum atomic E-state index is 12.9. The van der Waals surface area contributed by atoms with Crippen LogP contribution in [0.1, 0.15) is 28.8 Å². The van der Waals surface area contributed by atoms with E-state index in [4.69, 9.17) is 4.74 Å². The third-order valence-corrected chi connectivity index (χ3v) is 5.27. The van der Waals surface area contributed by atoms with Gasteiger partial charge in [-0.25, -0.2) is 0 Å². The molecule has 28 heavy (non-hydrogen) atoms. The zero-order chi connectivity index (χ0) is 20.3. The smallest absolute Gasteiger partial charge is 0.314 e. The number of piperidine rings is 1. The van der Waals surface area contributed by atoms with Gasteiger partial charge in [0.05, 0.1) is 17.4 Å². The Morgan fingerprint density at radius 2 is 1.79 bits per heavy atom. The Morgan fingerprint density at radius 1 is 1.14 bits per heavy atom. The standard InChI is InChI=1S/C20H20N2O6/c1-28-15-7-8-17(22(26)27)16(13-15)18(23)21-11-9-20(10-12-21,19(24)25)14-5-3-2-4-6-14/h2-8,13H,9-12H2,1H3,(H,24,25). The first-order chi connectivity index (χ1) is 13.4. The molecular formula is C20H20N2O6. The van der Waals surface area contributed by atoms with Crippen molar-refractivity contribution in [3.8, 4) is 5.75 Å². The molecule has 0 aliphatic carbocycles. The van der Waals surface area contributed by atoms with E-state index in [0.717, 1.165) is 0 Å². The number of carbonyl (C=O) groups excluding carboxylic acids is 1. The Bertz CT molecular complexity index is 904. The predicted molar refractivity (Wildman–Crippen MR) is 101 cm³/mol. The van der Waals surface area contributed by atoms with Crippen molar-refractivity contribution in [1.82, 2.24) is 4.90 Å². The van der Waals surface area contributed by atoms with Crippen LogP contribution in [-0.4, -0.2) is 47.0 Å². The molecule has 8 nitrogen and oxygen atoms in total. The van der Waals surface area contributed by atoms with Crippen LogP contribution in [0.15, 0.2) is 48.5 Å². The van der Waals surface area contributed by atoms with Gasteiger partial charge >= 0.3 is 5.97 Å². The molecule has 1 aliphatic heterocycles. The van der Waals surface area contributed by atoms with E-state index in [-0.39, 0.29) is 37.2 Å². The van der Waals surface area contributed by atoms with Crippen molar-refractivity contribution in [1.29, 1.82) is 0 Å². The molecule has 146 valence electrons. The van der Waals surface area contributed by atoms with Crippen LogP contribution in [-0.2, 0) is 10.2 Å². The first kappa shape index (κ1) is 19.3. The lowest BCUT2D eigenvalue weighted by Crippen LogP contribution is -2.49. The fraction of sp³-hybridized carbons (Fsp3) is 0.300. The van der Waals surface area contributed by atoms with E-state index in [9.17, 15) is 24.8 Å². The van der Waals surface area contributed by atoms with Crippen molar-refractivity contribution in [2.45, 2.75) is 18.3 Å². The highest BCUT2D eigenvalue weighted by Gasteiger charge is 2.44. The summed E-state index contributed by atoms with van der Waals surface area (Å²) in [6.45, 7) is 0.378. The second-order valence-corrected chi connectivity index (χ2v) is 6.69. The highest BCUT2D eigenvalue weighted by molar-refractivity contribution is 5.99. The lowest BCUT2D eigenvalue weighted by molar-refractivity contribution is -0.385. The van der Waals surface area contributed by atoms with Crippen LogP contribution >= 0.6 is 0 Å². The number of benzene rings is 2. The van der Waals surface area contributed by atoms with E-state index in [2.05, 4.69) is 0 Å². The van der Waals surface area contributed by atoms with E-state index in [1.165, 1.54) is 30.2 Å². The van der Waals surface area contributed by atoms with Crippen LogP contribution in [0.3, 0.4) is 0 Å². The van der Waals surface area contributed by atoms with Crippen LogP contribution in [0.5, 0.6) is 5.75 Å². The number of nitro groups is 1. The minimum absolute atomic E-state index is 0.0631. The molecule has 0 aromatic heterocycles. The van der Waals surface area contributed by atoms with Crippen molar-refractivity contribution in [2.24, 2.45) is 0 Å². The fourth-order valence-corrected chi connectivity index (χ4v) is 3.62. The maximum absolute atomic E-state index is 12.9. The summed E-state index contributed by atoms with van der Waals surface area (Å²) >= 11 is 0. The Morgan fingerprint density at radius 3 is 2.32 bits per heavy atom. The van der Waals surface area contributed by atoms with Gasteiger partial charge in [-0.1, -0.05) is 30.3 Å². The molecule has 2 aromatic carbocycles. The van der Waals surface area contributed by atoms with Gasteiger partial charge in [0.15, 0.2) is 0 Å². The van der Waals surface area contributed by atoms with E-state index in [0.29, 0.717) is 11.3 Å². The quantitative estimate of drug-likeness (QED) is 0.627. The van der Waals surface area contributed by atoms with E-state index < -0.39 is 22.2 Å². The number of hydrogen-bond donors (Lipinski definition) is 1. The average Bonchev–Trinajstić information content (AvgIpc) is 2.73. The van der Waals surface area contributed by atoms with Crippen LogP contribution in [0.25, 0.3) is 0 Å². The van der Waals surface area contributed by atoms with Crippen molar-refractivity contribution in [3.63, 3.8) is 0 Å². The number of likely N-dealkylation sites (tertiary alicyclic amines) is 1. The molecule has 3 rings (SSSR count). The van der Waals surface area contributed by atoms with Gasteiger partial charge in [-0.2, -0.15) is 0 Å². The molecule has 2 aromatic rings. The SMILES string of the molecule is COc1ccc([N+](=O)[O-])c(C(=O)N2CCC(C(=O)O)(c3ccccc3)CC2)c1. The molecule has 1 saturated heterocycles. The van der Waals surface area contributed by atoms with Crippen LogP contribution < -0.4 is 4.74 Å². The minimum Gasteiger partial charge on any atom is -0.497 e. The average molecular weight is 384 g/mol. The van der Waals surface area contributed by atoms with Crippen LogP contribution in [0, 0.1) is 10.1 Å². The van der Waals surface area contributed by atoms with Gasteiger partial charge in [-0.3, -0.25) is 19.7 Å². The molecule has 0 saturated carbocycles. The molecule has 0 radical (unpaired) electrons. The minimum atomic E-state index is -1.07. The summed E-state index contributed by atoms with van der Waals surface area (Å²) in [6.07, 6.45) is 0.464. The molecule has 0 unspecified atom stereocenters. The first-order valence-electron chi connectivity index (χ1n) is 8.79. The Labute approximate surface area is 161 Å². The van der Waals surface area contributed by atoms with Gasteiger partial charge in [0.2, 0.25) is 0 Å². The van der Waals surface area contributed by atoms with E-state index >= 15 is 0 Å². The molecule has 0 bridgehead atoms. The third-order valence-electron chi connectivity index (χ3n) is 5.27. The van der Waals surface area contributed by atoms with Crippen LogP contribution in [0.4, 0.5) is 5.69 Å². The second kappa shape index (κ2) is 7.67. The van der Waals surface area contributed by atoms with Crippen molar-refractivity contribution in [3.05, 3.63) is 69.8 Å². The van der Waals surface area contributed by atoms with Gasteiger partial charge in [0, 0.05) is 19.2 Å². The largest absolute Gasteiger partial charge is 0.497 e. The Hall–Kier alpha value is -3.42. The normalized spacial score (nSPS) is 15.7. The number of methoxy groups -OCH3 is 1. The van der Waals surface area contributed by atoms with Gasteiger partial charge in [0.25, 0.3) is 11.6 Å².